The monoisotopic (exact) mass is 704 g/mol. The molecule has 5 amide bonds. The third-order valence-electron chi connectivity index (χ3n) is 9.77. The largest absolute Gasteiger partial charge is 0.401 e. The minimum absolute atomic E-state index is 0.137. The maximum absolute atomic E-state index is 12.6. The van der Waals surface area contributed by atoms with Crippen LogP contribution < -0.4 is 27.5 Å². The van der Waals surface area contributed by atoms with E-state index in [4.69, 9.17) is 11.6 Å². The molecule has 2 saturated heterocycles. The smallest absolute Gasteiger partial charge is 0.289 e. The van der Waals surface area contributed by atoms with Gasteiger partial charge in [0.1, 0.15) is 12.1 Å². The van der Waals surface area contributed by atoms with E-state index in [0.717, 1.165) is 54.7 Å². The van der Waals surface area contributed by atoms with E-state index >= 15 is 0 Å². The Labute approximate surface area is 299 Å². The van der Waals surface area contributed by atoms with Gasteiger partial charge in [-0.25, -0.2) is 5.84 Å². The van der Waals surface area contributed by atoms with Gasteiger partial charge in [-0.3, -0.25) is 28.8 Å². The molecule has 1 aliphatic carbocycles. The van der Waals surface area contributed by atoms with E-state index in [9.17, 15) is 28.8 Å². The molecule has 276 valence electrons. The van der Waals surface area contributed by atoms with Crippen LogP contribution in [-0.2, 0) is 35.3 Å². The molecule has 0 saturated carbocycles. The second kappa shape index (κ2) is 17.8. The van der Waals surface area contributed by atoms with Gasteiger partial charge in [0.2, 0.25) is 29.4 Å². The number of Topliss-reactive ketones (excluding diaryl/α,β-unsaturated/α-hetero) is 1. The number of hydrazine groups is 1. The Balaban J connectivity index is 0.000000251. The Hall–Kier alpha value is -4.98. The van der Waals surface area contributed by atoms with E-state index in [2.05, 4.69) is 22.0 Å². The fourth-order valence-corrected chi connectivity index (χ4v) is 6.59. The maximum atomic E-state index is 12.6. The molecule has 14 nitrogen and oxygen atoms in total. The summed E-state index contributed by atoms with van der Waals surface area (Å²) in [5, 5.41) is 9.32. The average Bonchev–Trinajstić information content (AvgIpc) is 3.88. The van der Waals surface area contributed by atoms with Crippen LogP contribution in [0.4, 0.5) is 0 Å². The summed E-state index contributed by atoms with van der Waals surface area (Å²) in [5.41, 5.74) is 13.6. The van der Waals surface area contributed by atoms with Crippen molar-refractivity contribution >= 4 is 35.3 Å². The summed E-state index contributed by atoms with van der Waals surface area (Å²) in [4.78, 5) is 75.6. The topological polar surface area (TPSA) is 200 Å². The van der Waals surface area contributed by atoms with Crippen LogP contribution in [0.25, 0.3) is 0 Å². The van der Waals surface area contributed by atoms with E-state index in [1.165, 1.54) is 21.6 Å². The van der Waals surface area contributed by atoms with Crippen molar-refractivity contribution in [2.45, 2.75) is 91.3 Å². The number of hydrogen-bond acceptors (Lipinski definition) is 9. The molecule has 3 heterocycles. The molecule has 0 aromatic heterocycles. The van der Waals surface area contributed by atoms with Crippen LogP contribution in [0.15, 0.2) is 52.9 Å². The summed E-state index contributed by atoms with van der Waals surface area (Å²) < 4.78 is 0. The van der Waals surface area contributed by atoms with Crippen LogP contribution in [0, 0.1) is 13.8 Å². The number of aryl methyl sites for hydroxylation is 2. The molecule has 2 unspecified atom stereocenters. The highest BCUT2D eigenvalue weighted by Crippen LogP contribution is 2.32. The summed E-state index contributed by atoms with van der Waals surface area (Å²) in [6, 6.07) is 4.36. The molecule has 3 aliphatic heterocycles. The highest BCUT2D eigenvalue weighted by Gasteiger charge is 2.37. The number of ketones is 1. The van der Waals surface area contributed by atoms with Gasteiger partial charge in [0.15, 0.2) is 0 Å². The first kappa shape index (κ1) is 38.8. The zero-order chi connectivity index (χ0) is 37.2. The van der Waals surface area contributed by atoms with Gasteiger partial charge >= 0.3 is 0 Å². The number of carbonyl (C=O) groups is 6. The SMILES string of the molecule is CC/C(N)=C/N(N)CC1=CCCC2=C1CN(C(C)=O)C2.Cc1ccc(CNC(=O)C(=O)C2CCCN2C(=O)CNC(=O)C2CCC(=O)N2)cc1C. The van der Waals surface area contributed by atoms with Crippen molar-refractivity contribution in [3.8, 4) is 0 Å². The number of allylic oxidation sites excluding steroid dienone is 2. The Morgan fingerprint density at radius 3 is 2.49 bits per heavy atom. The Bertz CT molecular complexity index is 1630. The molecular formula is C37H52N8O6. The fourth-order valence-electron chi connectivity index (χ4n) is 6.59. The Kier molecular flexibility index (Phi) is 13.5. The third kappa shape index (κ3) is 10.5. The fraction of sp³-hybridized carbons (Fsp3) is 0.514. The minimum Gasteiger partial charge on any atom is -0.401 e. The quantitative estimate of drug-likeness (QED) is 0.127. The van der Waals surface area contributed by atoms with Crippen LogP contribution in [-0.4, -0.2) is 94.9 Å². The molecule has 0 radical (unpaired) electrons. The summed E-state index contributed by atoms with van der Waals surface area (Å²) in [5.74, 6) is 3.72. The Morgan fingerprint density at radius 1 is 1.06 bits per heavy atom. The number of nitrogens with one attached hydrogen (secondary N) is 3. The molecular weight excluding hydrogens is 652 g/mol. The lowest BCUT2D eigenvalue weighted by atomic mass is 9.93. The number of likely N-dealkylation sites (tertiary alicyclic amines) is 1. The van der Waals surface area contributed by atoms with Crippen LogP contribution in [0.3, 0.4) is 0 Å². The summed E-state index contributed by atoms with van der Waals surface area (Å²) >= 11 is 0. The van der Waals surface area contributed by atoms with E-state index in [1.807, 2.05) is 43.9 Å². The van der Waals surface area contributed by atoms with Crippen molar-refractivity contribution < 1.29 is 28.8 Å². The van der Waals surface area contributed by atoms with Crippen LogP contribution in [0.5, 0.6) is 0 Å². The zero-order valence-corrected chi connectivity index (χ0v) is 30.2. The lowest BCUT2D eigenvalue weighted by Gasteiger charge is -2.23. The average molecular weight is 705 g/mol. The molecule has 1 aromatic rings. The van der Waals surface area contributed by atoms with E-state index in [0.29, 0.717) is 32.4 Å². The number of nitrogens with two attached hydrogens (primary N) is 2. The van der Waals surface area contributed by atoms with Gasteiger partial charge in [-0.15, -0.1) is 0 Å². The molecule has 2 atom stereocenters. The van der Waals surface area contributed by atoms with Crippen molar-refractivity contribution in [1.82, 2.24) is 30.8 Å². The van der Waals surface area contributed by atoms with Gasteiger partial charge in [0.05, 0.1) is 13.1 Å². The van der Waals surface area contributed by atoms with E-state index in [-0.39, 0.29) is 31.3 Å². The Morgan fingerprint density at radius 2 is 1.82 bits per heavy atom. The van der Waals surface area contributed by atoms with Gasteiger partial charge in [-0.2, -0.15) is 0 Å². The van der Waals surface area contributed by atoms with Crippen molar-refractivity contribution in [3.63, 3.8) is 0 Å². The molecule has 2 fully saturated rings. The highest BCUT2D eigenvalue weighted by molar-refractivity contribution is 6.38. The van der Waals surface area contributed by atoms with Crippen LogP contribution >= 0.6 is 0 Å². The van der Waals surface area contributed by atoms with Crippen molar-refractivity contribution in [3.05, 3.63) is 69.6 Å². The minimum atomic E-state index is -0.824. The lowest BCUT2D eigenvalue weighted by Crippen LogP contribution is -2.50. The highest BCUT2D eigenvalue weighted by atomic mass is 16.2. The van der Waals surface area contributed by atoms with Crippen molar-refractivity contribution in [2.24, 2.45) is 11.6 Å². The molecule has 1 aromatic carbocycles. The molecule has 14 heteroatoms. The number of hydrogen-bond donors (Lipinski definition) is 5. The van der Waals surface area contributed by atoms with Crippen molar-refractivity contribution in [2.75, 3.05) is 32.7 Å². The van der Waals surface area contributed by atoms with Gasteiger partial charge in [-0.05, 0) is 85.8 Å². The zero-order valence-electron chi connectivity index (χ0n) is 30.2. The van der Waals surface area contributed by atoms with Crippen molar-refractivity contribution in [1.29, 1.82) is 0 Å². The normalized spacial score (nSPS) is 19.8. The third-order valence-corrected chi connectivity index (χ3v) is 9.77. The predicted octanol–water partition coefficient (Wildman–Crippen LogP) is 1.13. The van der Waals surface area contributed by atoms with Gasteiger partial charge in [-0.1, -0.05) is 31.2 Å². The van der Waals surface area contributed by atoms with E-state index in [1.54, 1.807) is 18.1 Å². The number of nitrogens with zero attached hydrogens (tertiary/aromatic N) is 3. The second-order valence-electron chi connectivity index (χ2n) is 13.5. The standard InChI is InChI=1S/C22H28N4O5.C15H24N4O/c1-13-5-6-15(10-14(13)2)11-23-22(31)20(29)17-4-3-9-26(17)19(28)12-24-21(30)16-7-8-18(27)25-16;1-3-14(16)9-19(17)8-13-6-4-5-12-7-18(11(2)20)10-15(12)13/h5-6,10,16-17H,3-4,7-9,11-12H2,1-2H3,(H,23,31)(H,24,30)(H,25,27);6,9H,3-5,7-8,10,16-17H2,1-2H3/b;14-9-. The van der Waals surface area contributed by atoms with Gasteiger partial charge in [0.25, 0.3) is 5.91 Å². The summed E-state index contributed by atoms with van der Waals surface area (Å²) in [6.45, 7) is 10.1. The molecule has 7 N–H and O–H groups in total. The van der Waals surface area contributed by atoms with Gasteiger partial charge in [0, 0.05) is 51.4 Å². The molecule has 4 aliphatic rings. The van der Waals surface area contributed by atoms with Crippen LogP contribution in [0.1, 0.15) is 75.5 Å². The summed E-state index contributed by atoms with van der Waals surface area (Å²) in [6.07, 6.45) is 8.59. The molecule has 0 spiro atoms. The maximum Gasteiger partial charge on any atom is 0.289 e. The van der Waals surface area contributed by atoms with Crippen LogP contribution in [0.2, 0.25) is 0 Å². The van der Waals surface area contributed by atoms with E-state index < -0.39 is 35.6 Å². The first-order valence-corrected chi connectivity index (χ1v) is 17.6. The number of rotatable bonds is 11. The predicted molar refractivity (Wildman–Crippen MR) is 192 cm³/mol. The number of amides is 5. The molecule has 51 heavy (non-hydrogen) atoms. The molecule has 0 bridgehead atoms. The second-order valence-corrected chi connectivity index (χ2v) is 13.5. The number of benzene rings is 1. The first-order valence-electron chi connectivity index (χ1n) is 17.6. The first-order chi connectivity index (χ1) is 24.3. The summed E-state index contributed by atoms with van der Waals surface area (Å²) in [7, 11) is 0. The lowest BCUT2D eigenvalue weighted by molar-refractivity contribution is -0.144. The number of carbonyl (C=O) groups excluding carboxylic acids is 6. The molecule has 5 rings (SSSR count). The van der Waals surface area contributed by atoms with Gasteiger partial charge < -0.3 is 36.5 Å².